The van der Waals surface area contributed by atoms with Crippen LogP contribution in [0.1, 0.15) is 31.0 Å². The highest BCUT2D eigenvalue weighted by atomic mass is 19.1. The zero-order valence-electron chi connectivity index (χ0n) is 18.0. The van der Waals surface area contributed by atoms with E-state index in [1.54, 1.807) is 42.5 Å². The number of amides is 1. The van der Waals surface area contributed by atoms with Crippen molar-refractivity contribution in [2.24, 2.45) is 0 Å². The zero-order chi connectivity index (χ0) is 22.5. The van der Waals surface area contributed by atoms with Crippen LogP contribution in [0.2, 0.25) is 0 Å². The van der Waals surface area contributed by atoms with E-state index in [-0.39, 0.29) is 23.4 Å². The Balaban J connectivity index is 2.10. The second kappa shape index (κ2) is 9.75. The van der Waals surface area contributed by atoms with Gasteiger partial charge in [0.1, 0.15) is 17.3 Å². The SMILES string of the molecule is CC[NH+](CC)CCN1C(=O)C(=O)C(=C(O)c2ccc(OC)cc2)[C@H]1c1ccccc1F. The molecule has 0 aliphatic carbocycles. The number of carbonyl (C=O) groups excluding carboxylic acids is 2. The number of hydrogen-bond donors (Lipinski definition) is 2. The smallest absolute Gasteiger partial charge is 0.295 e. The number of hydrogen-bond acceptors (Lipinski definition) is 4. The molecule has 1 aliphatic rings. The maximum absolute atomic E-state index is 14.8. The number of likely N-dealkylation sites (N-methyl/N-ethyl adjacent to an activating group) is 1. The van der Waals surface area contributed by atoms with Crippen LogP contribution in [-0.4, -0.2) is 55.0 Å². The summed E-state index contributed by atoms with van der Waals surface area (Å²) < 4.78 is 19.9. The fourth-order valence-corrected chi connectivity index (χ4v) is 3.92. The zero-order valence-corrected chi connectivity index (χ0v) is 18.0. The van der Waals surface area contributed by atoms with Gasteiger partial charge in [-0.1, -0.05) is 18.2 Å². The van der Waals surface area contributed by atoms with Gasteiger partial charge in [0.05, 0.1) is 44.9 Å². The number of ketones is 1. The number of ether oxygens (including phenoxy) is 1. The minimum atomic E-state index is -0.988. The summed E-state index contributed by atoms with van der Waals surface area (Å²) in [4.78, 5) is 28.5. The van der Waals surface area contributed by atoms with E-state index in [1.807, 2.05) is 13.8 Å². The molecule has 0 aromatic heterocycles. The van der Waals surface area contributed by atoms with Gasteiger partial charge in [-0.25, -0.2) is 4.39 Å². The predicted molar refractivity (Wildman–Crippen MR) is 115 cm³/mol. The van der Waals surface area contributed by atoms with Gasteiger partial charge in [0.25, 0.3) is 11.7 Å². The molecule has 1 fully saturated rings. The number of nitrogens with one attached hydrogen (secondary N) is 1. The number of likely N-dealkylation sites (tertiary alicyclic amines) is 1. The first-order valence-electron chi connectivity index (χ1n) is 10.4. The molecule has 7 heteroatoms. The molecule has 1 amide bonds. The standard InChI is InChI=1S/C24H27FN2O4/c1-4-26(5-2)14-15-27-21(18-8-6-7-9-19(18)25)20(23(29)24(27)30)22(28)16-10-12-17(31-3)13-11-16/h6-13,21,28H,4-5,14-15H2,1-3H3/p+1/t21-/m1/s1. The average molecular weight is 427 g/mol. The lowest BCUT2D eigenvalue weighted by Crippen LogP contribution is -3.12. The van der Waals surface area contributed by atoms with Crippen LogP contribution >= 0.6 is 0 Å². The van der Waals surface area contributed by atoms with E-state index in [2.05, 4.69) is 0 Å². The van der Waals surface area contributed by atoms with Crippen LogP contribution in [0.5, 0.6) is 5.75 Å². The number of nitrogens with zero attached hydrogens (tertiary/aromatic N) is 1. The van der Waals surface area contributed by atoms with Gasteiger partial charge in [-0.3, -0.25) is 9.59 Å². The maximum Gasteiger partial charge on any atom is 0.295 e. The molecule has 0 saturated carbocycles. The highest BCUT2D eigenvalue weighted by molar-refractivity contribution is 6.46. The molecule has 2 aromatic carbocycles. The van der Waals surface area contributed by atoms with E-state index in [0.29, 0.717) is 17.9 Å². The second-order valence-corrected chi connectivity index (χ2v) is 7.45. The van der Waals surface area contributed by atoms with Crippen LogP contribution in [0.4, 0.5) is 4.39 Å². The molecule has 1 saturated heterocycles. The summed E-state index contributed by atoms with van der Waals surface area (Å²) in [6, 6.07) is 11.5. The van der Waals surface area contributed by atoms with Gasteiger partial charge < -0.3 is 19.6 Å². The third-order valence-electron chi connectivity index (χ3n) is 5.81. The van der Waals surface area contributed by atoms with E-state index in [1.165, 1.54) is 23.0 Å². The molecule has 1 atom stereocenters. The Morgan fingerprint density at radius 2 is 1.74 bits per heavy atom. The Labute approximate surface area is 181 Å². The van der Waals surface area contributed by atoms with E-state index in [9.17, 15) is 19.1 Å². The van der Waals surface area contributed by atoms with Crippen molar-refractivity contribution in [3.8, 4) is 5.75 Å². The van der Waals surface area contributed by atoms with Crippen molar-refractivity contribution in [3.63, 3.8) is 0 Å². The van der Waals surface area contributed by atoms with Crippen molar-refractivity contribution in [1.29, 1.82) is 0 Å². The molecule has 164 valence electrons. The van der Waals surface area contributed by atoms with Crippen molar-refractivity contribution in [1.82, 2.24) is 4.90 Å². The Morgan fingerprint density at radius 3 is 2.32 bits per heavy atom. The van der Waals surface area contributed by atoms with Crippen molar-refractivity contribution < 1.29 is 28.7 Å². The number of methoxy groups -OCH3 is 1. The van der Waals surface area contributed by atoms with Gasteiger partial charge in [0.2, 0.25) is 0 Å². The second-order valence-electron chi connectivity index (χ2n) is 7.45. The molecule has 0 unspecified atom stereocenters. The number of halogens is 1. The summed E-state index contributed by atoms with van der Waals surface area (Å²) in [5.41, 5.74) is 0.440. The lowest BCUT2D eigenvalue weighted by Gasteiger charge is -2.27. The predicted octanol–water partition coefficient (Wildman–Crippen LogP) is 2.18. The lowest BCUT2D eigenvalue weighted by atomic mass is 9.95. The number of aliphatic hydroxyl groups excluding tert-OH is 1. The summed E-state index contributed by atoms with van der Waals surface area (Å²) in [6.07, 6.45) is 0. The molecule has 0 spiro atoms. The van der Waals surface area contributed by atoms with Crippen LogP contribution in [0.25, 0.3) is 5.76 Å². The normalized spacial score (nSPS) is 18.1. The Bertz CT molecular complexity index is 983. The van der Waals surface area contributed by atoms with Crippen molar-refractivity contribution >= 4 is 17.4 Å². The molecule has 1 aliphatic heterocycles. The minimum absolute atomic E-state index is 0.102. The third-order valence-corrected chi connectivity index (χ3v) is 5.81. The molecule has 2 N–H and O–H groups in total. The Kier molecular flexibility index (Phi) is 7.07. The summed E-state index contributed by atoms with van der Waals surface area (Å²) in [5, 5.41) is 11.0. The monoisotopic (exact) mass is 427 g/mol. The summed E-state index contributed by atoms with van der Waals surface area (Å²) in [7, 11) is 1.52. The highest BCUT2D eigenvalue weighted by Gasteiger charge is 2.47. The van der Waals surface area contributed by atoms with E-state index in [4.69, 9.17) is 4.74 Å². The number of rotatable bonds is 8. The summed E-state index contributed by atoms with van der Waals surface area (Å²) in [5.74, 6) is -1.81. The first-order chi connectivity index (χ1) is 14.9. The fourth-order valence-electron chi connectivity index (χ4n) is 3.92. The summed E-state index contributed by atoms with van der Waals surface area (Å²) in [6.45, 7) is 6.73. The third kappa shape index (κ3) is 4.46. The fraction of sp³-hybridized carbons (Fsp3) is 0.333. The Hall–Kier alpha value is -3.19. The van der Waals surface area contributed by atoms with Gasteiger partial charge in [0, 0.05) is 11.1 Å². The minimum Gasteiger partial charge on any atom is -0.507 e. The van der Waals surface area contributed by atoms with E-state index >= 15 is 0 Å². The number of benzene rings is 2. The number of Topliss-reactive ketones (excluding diaryl/α,β-unsaturated/α-hetero) is 1. The molecule has 1 heterocycles. The molecule has 31 heavy (non-hydrogen) atoms. The van der Waals surface area contributed by atoms with Crippen LogP contribution in [0.15, 0.2) is 54.1 Å². The molecular formula is C24H28FN2O4+. The topological polar surface area (TPSA) is 71.3 Å². The van der Waals surface area contributed by atoms with Crippen molar-refractivity contribution in [3.05, 3.63) is 71.0 Å². The highest BCUT2D eigenvalue weighted by Crippen LogP contribution is 2.40. The van der Waals surface area contributed by atoms with Gasteiger partial charge in [-0.15, -0.1) is 0 Å². The maximum atomic E-state index is 14.8. The van der Waals surface area contributed by atoms with Crippen molar-refractivity contribution in [2.75, 3.05) is 33.3 Å². The molecule has 2 aromatic rings. The number of aliphatic hydroxyl groups is 1. The van der Waals surface area contributed by atoms with Gasteiger partial charge in [-0.2, -0.15) is 0 Å². The van der Waals surface area contributed by atoms with Gasteiger partial charge in [-0.05, 0) is 44.2 Å². The van der Waals surface area contributed by atoms with Crippen LogP contribution < -0.4 is 9.64 Å². The molecule has 0 radical (unpaired) electrons. The van der Waals surface area contributed by atoms with Gasteiger partial charge in [0.15, 0.2) is 0 Å². The lowest BCUT2D eigenvalue weighted by molar-refractivity contribution is -0.895. The average Bonchev–Trinajstić information content (AvgIpc) is 3.04. The van der Waals surface area contributed by atoms with Crippen LogP contribution in [0, 0.1) is 5.82 Å². The van der Waals surface area contributed by atoms with Crippen LogP contribution in [-0.2, 0) is 9.59 Å². The number of quaternary nitrogens is 1. The number of carbonyl (C=O) groups is 2. The molecular weight excluding hydrogens is 399 g/mol. The first kappa shape index (κ1) is 22.5. The van der Waals surface area contributed by atoms with Crippen molar-refractivity contribution in [2.45, 2.75) is 19.9 Å². The molecule has 3 rings (SSSR count). The van der Waals surface area contributed by atoms with Gasteiger partial charge >= 0.3 is 0 Å². The van der Waals surface area contributed by atoms with E-state index in [0.717, 1.165) is 13.1 Å². The Morgan fingerprint density at radius 1 is 1.10 bits per heavy atom. The molecule has 0 bridgehead atoms. The quantitative estimate of drug-likeness (QED) is 0.385. The first-order valence-corrected chi connectivity index (χ1v) is 10.4. The largest absolute Gasteiger partial charge is 0.507 e. The van der Waals surface area contributed by atoms with E-state index < -0.39 is 23.5 Å². The molecule has 6 nitrogen and oxygen atoms in total. The van der Waals surface area contributed by atoms with Crippen LogP contribution in [0.3, 0.4) is 0 Å². The summed E-state index contributed by atoms with van der Waals surface area (Å²) >= 11 is 0.